The number of nitrogens with zero attached hydrogens (tertiary/aromatic N) is 2. The molecule has 2 aromatic carbocycles. The Hall–Kier alpha value is -3.32. The number of rotatable bonds is 7. The van der Waals surface area contributed by atoms with Crippen LogP contribution in [0.5, 0.6) is 11.5 Å². The zero-order valence-electron chi connectivity index (χ0n) is 19.2. The number of ether oxygens (including phenoxy) is 1. The molecule has 1 heterocycles. The highest BCUT2D eigenvalue weighted by atomic mass is 16.5. The summed E-state index contributed by atoms with van der Waals surface area (Å²) >= 11 is 0. The van der Waals surface area contributed by atoms with Crippen molar-refractivity contribution in [3.63, 3.8) is 0 Å². The van der Waals surface area contributed by atoms with E-state index in [9.17, 15) is 19.8 Å². The lowest BCUT2D eigenvalue weighted by Crippen LogP contribution is -2.32. The number of methoxy groups -OCH3 is 1. The predicted molar refractivity (Wildman–Crippen MR) is 123 cm³/mol. The number of benzene rings is 2. The summed E-state index contributed by atoms with van der Waals surface area (Å²) in [4.78, 5) is 29.5. The smallest absolute Gasteiger partial charge is 0.295 e. The Morgan fingerprint density at radius 3 is 2.41 bits per heavy atom. The van der Waals surface area contributed by atoms with Gasteiger partial charge in [0.2, 0.25) is 0 Å². The molecule has 0 saturated carbocycles. The maximum atomic E-state index is 13.1. The molecule has 7 nitrogen and oxygen atoms in total. The van der Waals surface area contributed by atoms with Crippen LogP contribution in [0.3, 0.4) is 0 Å². The second-order valence-corrected chi connectivity index (χ2v) is 8.38. The minimum Gasteiger partial charge on any atom is -0.507 e. The number of ketones is 1. The third-order valence-electron chi connectivity index (χ3n) is 5.84. The number of hydrogen-bond acceptors (Lipinski definition) is 6. The second-order valence-electron chi connectivity index (χ2n) is 8.38. The average molecular weight is 439 g/mol. The minimum absolute atomic E-state index is 0.0210. The SMILES string of the molecule is COc1ccc(C2/C(=C(/O)c3ccc(C)c(C)c3)C(=O)C(=O)N2CCCN(C)C)cc1O. The van der Waals surface area contributed by atoms with Crippen LogP contribution in [0.15, 0.2) is 42.0 Å². The van der Waals surface area contributed by atoms with Crippen molar-refractivity contribution in [3.8, 4) is 11.5 Å². The van der Waals surface area contributed by atoms with Crippen molar-refractivity contribution in [2.75, 3.05) is 34.3 Å². The lowest BCUT2D eigenvalue weighted by Gasteiger charge is -2.26. The topological polar surface area (TPSA) is 90.3 Å². The Morgan fingerprint density at radius 2 is 1.81 bits per heavy atom. The van der Waals surface area contributed by atoms with Gasteiger partial charge in [0.15, 0.2) is 11.5 Å². The molecule has 1 aliphatic heterocycles. The van der Waals surface area contributed by atoms with Gasteiger partial charge < -0.3 is 24.7 Å². The molecule has 1 unspecified atom stereocenters. The number of aliphatic hydroxyl groups is 1. The van der Waals surface area contributed by atoms with Gasteiger partial charge in [-0.2, -0.15) is 0 Å². The number of Topliss-reactive ketones (excluding diaryl/α,β-unsaturated/α-hetero) is 1. The first-order valence-corrected chi connectivity index (χ1v) is 10.5. The normalized spacial score (nSPS) is 17.9. The first-order chi connectivity index (χ1) is 15.1. The molecule has 2 aromatic rings. The van der Waals surface area contributed by atoms with Gasteiger partial charge in [0.05, 0.1) is 18.7 Å². The molecule has 0 radical (unpaired) electrons. The number of aryl methyl sites for hydroxylation is 2. The summed E-state index contributed by atoms with van der Waals surface area (Å²) in [5.74, 6) is -1.43. The number of carbonyl (C=O) groups excluding carboxylic acids is 2. The van der Waals surface area contributed by atoms with Crippen LogP contribution >= 0.6 is 0 Å². The first kappa shape index (κ1) is 23.3. The molecule has 7 heteroatoms. The molecule has 170 valence electrons. The summed E-state index contributed by atoms with van der Waals surface area (Å²) < 4.78 is 5.13. The van der Waals surface area contributed by atoms with E-state index < -0.39 is 17.7 Å². The molecule has 0 aromatic heterocycles. The number of carbonyl (C=O) groups is 2. The van der Waals surface area contributed by atoms with E-state index in [0.29, 0.717) is 24.1 Å². The molecule has 0 spiro atoms. The number of amides is 1. The molecule has 2 N–H and O–H groups in total. The van der Waals surface area contributed by atoms with Crippen LogP contribution in [-0.4, -0.2) is 66.0 Å². The Labute approximate surface area is 188 Å². The Morgan fingerprint density at radius 1 is 1.09 bits per heavy atom. The fourth-order valence-corrected chi connectivity index (χ4v) is 3.94. The van der Waals surface area contributed by atoms with Crippen LogP contribution in [0.2, 0.25) is 0 Å². The van der Waals surface area contributed by atoms with E-state index in [4.69, 9.17) is 4.74 Å². The number of phenolic OH excluding ortho intramolecular Hbond substituents is 1. The van der Waals surface area contributed by atoms with Crippen LogP contribution in [0.1, 0.15) is 34.7 Å². The van der Waals surface area contributed by atoms with Crippen molar-refractivity contribution >= 4 is 17.4 Å². The van der Waals surface area contributed by atoms with Crippen LogP contribution in [0.25, 0.3) is 5.76 Å². The quantitative estimate of drug-likeness (QED) is 0.391. The van der Waals surface area contributed by atoms with Crippen molar-refractivity contribution in [1.82, 2.24) is 9.80 Å². The molecule has 1 saturated heterocycles. The summed E-state index contributed by atoms with van der Waals surface area (Å²) in [5.41, 5.74) is 3.04. The van der Waals surface area contributed by atoms with E-state index in [1.54, 1.807) is 24.3 Å². The number of aliphatic hydroxyl groups excluding tert-OH is 1. The zero-order valence-corrected chi connectivity index (χ0v) is 19.2. The van der Waals surface area contributed by atoms with Gasteiger partial charge in [-0.1, -0.05) is 18.2 Å². The van der Waals surface area contributed by atoms with Gasteiger partial charge in [-0.25, -0.2) is 0 Å². The van der Waals surface area contributed by atoms with Crippen molar-refractivity contribution in [2.24, 2.45) is 0 Å². The summed E-state index contributed by atoms with van der Waals surface area (Å²) in [6, 6.07) is 9.35. The van der Waals surface area contributed by atoms with Gasteiger partial charge in [0, 0.05) is 12.1 Å². The van der Waals surface area contributed by atoms with Crippen molar-refractivity contribution in [2.45, 2.75) is 26.3 Å². The Balaban J connectivity index is 2.14. The zero-order chi connectivity index (χ0) is 23.6. The fraction of sp³-hybridized carbons (Fsp3) is 0.360. The van der Waals surface area contributed by atoms with Gasteiger partial charge >= 0.3 is 0 Å². The molecule has 0 bridgehead atoms. The van der Waals surface area contributed by atoms with Crippen LogP contribution < -0.4 is 4.74 Å². The van der Waals surface area contributed by atoms with Crippen molar-refractivity contribution < 1.29 is 24.5 Å². The highest BCUT2D eigenvalue weighted by Crippen LogP contribution is 2.41. The molecule has 1 amide bonds. The Bertz CT molecular complexity index is 1070. The summed E-state index contributed by atoms with van der Waals surface area (Å²) in [5, 5.41) is 21.5. The Kier molecular flexibility index (Phi) is 6.89. The van der Waals surface area contributed by atoms with E-state index >= 15 is 0 Å². The number of likely N-dealkylation sites (tertiary alicyclic amines) is 1. The van der Waals surface area contributed by atoms with E-state index in [1.807, 2.05) is 38.9 Å². The van der Waals surface area contributed by atoms with E-state index in [1.165, 1.54) is 18.1 Å². The molecule has 0 aliphatic carbocycles. The minimum atomic E-state index is -0.810. The number of hydrogen-bond donors (Lipinski definition) is 2. The standard InChI is InChI=1S/C25H30N2O5/c1-15-7-8-18(13-16(15)2)23(29)21-22(17-9-10-20(32-5)19(28)14-17)27(25(31)24(21)30)12-6-11-26(3)4/h7-10,13-14,22,28-29H,6,11-12H2,1-5H3/b23-21-. The van der Waals surface area contributed by atoms with Gasteiger partial charge in [-0.15, -0.1) is 0 Å². The van der Waals surface area contributed by atoms with Crippen molar-refractivity contribution in [1.29, 1.82) is 0 Å². The molecule has 3 rings (SSSR count). The maximum absolute atomic E-state index is 13.1. The highest BCUT2D eigenvalue weighted by molar-refractivity contribution is 6.46. The average Bonchev–Trinajstić information content (AvgIpc) is 3.00. The van der Waals surface area contributed by atoms with Crippen molar-refractivity contribution in [3.05, 3.63) is 64.2 Å². The monoisotopic (exact) mass is 438 g/mol. The molecular formula is C25H30N2O5. The van der Waals surface area contributed by atoms with Gasteiger partial charge in [-0.05, 0) is 75.8 Å². The van der Waals surface area contributed by atoms with E-state index in [0.717, 1.165) is 17.7 Å². The first-order valence-electron chi connectivity index (χ1n) is 10.5. The largest absolute Gasteiger partial charge is 0.507 e. The van der Waals surface area contributed by atoms with E-state index in [2.05, 4.69) is 0 Å². The number of phenols is 1. The van der Waals surface area contributed by atoms with Crippen LogP contribution in [-0.2, 0) is 9.59 Å². The molecule has 1 aliphatic rings. The lowest BCUT2D eigenvalue weighted by molar-refractivity contribution is -0.139. The molecule has 1 atom stereocenters. The van der Waals surface area contributed by atoms with Gasteiger partial charge in [0.25, 0.3) is 11.7 Å². The molecule has 32 heavy (non-hydrogen) atoms. The van der Waals surface area contributed by atoms with Crippen LogP contribution in [0, 0.1) is 13.8 Å². The third kappa shape index (κ3) is 4.48. The van der Waals surface area contributed by atoms with E-state index in [-0.39, 0.29) is 22.8 Å². The van der Waals surface area contributed by atoms with Crippen LogP contribution in [0.4, 0.5) is 0 Å². The lowest BCUT2D eigenvalue weighted by atomic mass is 9.94. The summed E-state index contributed by atoms with van der Waals surface area (Å²) in [6.45, 7) is 4.96. The fourth-order valence-electron chi connectivity index (χ4n) is 3.94. The van der Waals surface area contributed by atoms with Gasteiger partial charge in [0.1, 0.15) is 5.76 Å². The predicted octanol–water partition coefficient (Wildman–Crippen LogP) is 3.39. The third-order valence-corrected chi connectivity index (χ3v) is 5.84. The highest BCUT2D eigenvalue weighted by Gasteiger charge is 2.46. The summed E-state index contributed by atoms with van der Waals surface area (Å²) in [7, 11) is 5.32. The molecule has 1 fully saturated rings. The molecular weight excluding hydrogens is 408 g/mol. The summed E-state index contributed by atoms with van der Waals surface area (Å²) in [6.07, 6.45) is 0.655. The maximum Gasteiger partial charge on any atom is 0.295 e. The van der Waals surface area contributed by atoms with Gasteiger partial charge in [-0.3, -0.25) is 9.59 Å². The number of aromatic hydroxyl groups is 1. The second kappa shape index (κ2) is 9.44.